The Hall–Kier alpha value is -0.570. The predicted molar refractivity (Wildman–Crippen MR) is 58.5 cm³/mol. The summed E-state index contributed by atoms with van der Waals surface area (Å²) in [7, 11) is 0. The van der Waals surface area contributed by atoms with Crippen molar-refractivity contribution in [3.8, 4) is 0 Å². The molecule has 3 aliphatic rings. The molecule has 2 aliphatic carbocycles. The highest BCUT2D eigenvalue weighted by molar-refractivity contribution is 5.82. The van der Waals surface area contributed by atoms with Gasteiger partial charge in [-0.15, -0.1) is 0 Å². The number of fused-ring (bicyclic) bond motifs is 1. The van der Waals surface area contributed by atoms with Gasteiger partial charge in [-0.1, -0.05) is 19.3 Å². The van der Waals surface area contributed by atoms with Gasteiger partial charge in [-0.2, -0.15) is 0 Å². The van der Waals surface area contributed by atoms with Crippen molar-refractivity contribution in [3.63, 3.8) is 0 Å². The SMILES string of the molecule is O=C(NC1CCCCC1)C1CC2CC2N1. The minimum absolute atomic E-state index is 0.121. The lowest BCUT2D eigenvalue weighted by Crippen LogP contribution is -2.46. The highest BCUT2D eigenvalue weighted by Crippen LogP contribution is 2.40. The summed E-state index contributed by atoms with van der Waals surface area (Å²) in [6.07, 6.45) is 8.66. The van der Waals surface area contributed by atoms with Crippen molar-refractivity contribution in [1.82, 2.24) is 10.6 Å². The Morgan fingerprint density at radius 3 is 2.60 bits per heavy atom. The van der Waals surface area contributed by atoms with Crippen LogP contribution in [-0.4, -0.2) is 24.0 Å². The fourth-order valence-corrected chi connectivity index (χ4v) is 3.07. The first-order chi connectivity index (χ1) is 7.33. The Kier molecular flexibility index (Phi) is 2.43. The van der Waals surface area contributed by atoms with E-state index in [0.717, 1.165) is 12.3 Å². The summed E-state index contributed by atoms with van der Waals surface area (Å²) in [4.78, 5) is 11.9. The van der Waals surface area contributed by atoms with Gasteiger partial charge < -0.3 is 10.6 Å². The molecule has 2 N–H and O–H groups in total. The van der Waals surface area contributed by atoms with Crippen LogP contribution in [0.4, 0.5) is 0 Å². The lowest BCUT2D eigenvalue weighted by Gasteiger charge is -2.24. The van der Waals surface area contributed by atoms with Crippen molar-refractivity contribution in [2.45, 2.75) is 63.1 Å². The summed E-state index contributed by atoms with van der Waals surface area (Å²) in [5.41, 5.74) is 0. The molecule has 2 saturated carbocycles. The van der Waals surface area contributed by atoms with Gasteiger partial charge in [0.05, 0.1) is 6.04 Å². The molecule has 0 spiro atoms. The van der Waals surface area contributed by atoms with E-state index >= 15 is 0 Å². The van der Waals surface area contributed by atoms with E-state index in [1.54, 1.807) is 0 Å². The quantitative estimate of drug-likeness (QED) is 0.715. The Balaban J connectivity index is 1.47. The average Bonchev–Trinajstić information content (AvgIpc) is 2.87. The maximum absolute atomic E-state index is 11.9. The Morgan fingerprint density at radius 2 is 1.93 bits per heavy atom. The van der Waals surface area contributed by atoms with Crippen molar-refractivity contribution in [2.24, 2.45) is 5.92 Å². The largest absolute Gasteiger partial charge is 0.352 e. The van der Waals surface area contributed by atoms with Crippen LogP contribution in [0.1, 0.15) is 44.9 Å². The van der Waals surface area contributed by atoms with Crippen LogP contribution in [0.15, 0.2) is 0 Å². The maximum Gasteiger partial charge on any atom is 0.237 e. The molecule has 1 amide bonds. The van der Waals surface area contributed by atoms with E-state index in [4.69, 9.17) is 0 Å². The van der Waals surface area contributed by atoms with E-state index in [-0.39, 0.29) is 11.9 Å². The second-order valence-electron chi connectivity index (χ2n) is 5.40. The number of rotatable bonds is 2. The van der Waals surface area contributed by atoms with Crippen LogP contribution in [0.5, 0.6) is 0 Å². The Labute approximate surface area is 91.0 Å². The zero-order valence-electron chi connectivity index (χ0n) is 9.17. The van der Waals surface area contributed by atoms with E-state index in [9.17, 15) is 4.79 Å². The third-order valence-electron chi connectivity index (χ3n) is 4.14. The zero-order chi connectivity index (χ0) is 10.3. The van der Waals surface area contributed by atoms with Crippen molar-refractivity contribution >= 4 is 5.91 Å². The van der Waals surface area contributed by atoms with Gasteiger partial charge in [0.2, 0.25) is 5.91 Å². The molecule has 1 heterocycles. The van der Waals surface area contributed by atoms with Crippen LogP contribution < -0.4 is 10.6 Å². The van der Waals surface area contributed by atoms with Crippen LogP contribution in [0.2, 0.25) is 0 Å². The molecule has 3 fully saturated rings. The van der Waals surface area contributed by atoms with Gasteiger partial charge >= 0.3 is 0 Å². The standard InChI is InChI=1S/C12H20N2O/c15-12(11-7-8-6-10(8)14-11)13-9-4-2-1-3-5-9/h8-11,14H,1-7H2,(H,13,15). The molecule has 3 heteroatoms. The number of hydrogen-bond acceptors (Lipinski definition) is 2. The van der Waals surface area contributed by atoms with E-state index < -0.39 is 0 Å². The molecule has 0 bridgehead atoms. The number of hydrogen-bond donors (Lipinski definition) is 2. The van der Waals surface area contributed by atoms with E-state index in [2.05, 4.69) is 10.6 Å². The molecule has 84 valence electrons. The van der Waals surface area contributed by atoms with Crippen molar-refractivity contribution in [3.05, 3.63) is 0 Å². The van der Waals surface area contributed by atoms with Gasteiger partial charge in [0.25, 0.3) is 0 Å². The lowest BCUT2D eigenvalue weighted by atomic mass is 9.95. The average molecular weight is 208 g/mol. The molecule has 0 aromatic carbocycles. The summed E-state index contributed by atoms with van der Waals surface area (Å²) in [5.74, 6) is 1.07. The first-order valence-electron chi connectivity index (χ1n) is 6.39. The monoisotopic (exact) mass is 208 g/mol. The van der Waals surface area contributed by atoms with Gasteiger partial charge in [0, 0.05) is 12.1 Å². The zero-order valence-corrected chi connectivity index (χ0v) is 9.17. The topological polar surface area (TPSA) is 41.1 Å². The second-order valence-corrected chi connectivity index (χ2v) is 5.40. The molecule has 0 aromatic rings. The summed E-state index contributed by atoms with van der Waals surface area (Å²) < 4.78 is 0. The van der Waals surface area contributed by atoms with Crippen LogP contribution in [0.3, 0.4) is 0 Å². The summed E-state index contributed by atoms with van der Waals surface area (Å²) in [6.45, 7) is 0. The summed E-state index contributed by atoms with van der Waals surface area (Å²) in [5, 5.41) is 6.61. The van der Waals surface area contributed by atoms with E-state index in [0.29, 0.717) is 12.1 Å². The normalized spacial score (nSPS) is 39.9. The van der Waals surface area contributed by atoms with Gasteiger partial charge in [-0.05, 0) is 31.6 Å². The Bertz CT molecular complexity index is 250. The predicted octanol–water partition coefficient (Wildman–Crippen LogP) is 1.19. The summed E-state index contributed by atoms with van der Waals surface area (Å²) in [6, 6.07) is 1.26. The van der Waals surface area contributed by atoms with Crippen molar-refractivity contribution in [1.29, 1.82) is 0 Å². The Morgan fingerprint density at radius 1 is 1.13 bits per heavy atom. The first kappa shape index (κ1) is 9.64. The molecule has 3 rings (SSSR count). The smallest absolute Gasteiger partial charge is 0.237 e. The van der Waals surface area contributed by atoms with Crippen LogP contribution >= 0.6 is 0 Å². The number of carbonyl (C=O) groups excluding carboxylic acids is 1. The maximum atomic E-state index is 11.9. The fraction of sp³-hybridized carbons (Fsp3) is 0.917. The summed E-state index contributed by atoms with van der Waals surface area (Å²) >= 11 is 0. The minimum Gasteiger partial charge on any atom is -0.352 e. The number of amides is 1. The van der Waals surface area contributed by atoms with E-state index in [1.807, 2.05) is 0 Å². The number of nitrogens with one attached hydrogen (secondary N) is 2. The molecule has 0 aromatic heterocycles. The van der Waals surface area contributed by atoms with Gasteiger partial charge in [0.15, 0.2) is 0 Å². The molecule has 3 atom stereocenters. The van der Waals surface area contributed by atoms with E-state index in [1.165, 1.54) is 38.5 Å². The molecule has 15 heavy (non-hydrogen) atoms. The highest BCUT2D eigenvalue weighted by Gasteiger charge is 2.47. The molecule has 1 saturated heterocycles. The lowest BCUT2D eigenvalue weighted by molar-refractivity contribution is -0.123. The molecule has 0 radical (unpaired) electrons. The number of piperidine rings is 1. The second kappa shape index (κ2) is 3.78. The van der Waals surface area contributed by atoms with Crippen molar-refractivity contribution in [2.75, 3.05) is 0 Å². The molecule has 3 unspecified atom stereocenters. The van der Waals surface area contributed by atoms with Gasteiger partial charge in [-0.25, -0.2) is 0 Å². The minimum atomic E-state index is 0.121. The first-order valence-corrected chi connectivity index (χ1v) is 6.39. The molecular weight excluding hydrogens is 188 g/mol. The third-order valence-corrected chi connectivity index (χ3v) is 4.14. The fourth-order valence-electron chi connectivity index (χ4n) is 3.07. The van der Waals surface area contributed by atoms with Crippen LogP contribution in [-0.2, 0) is 4.79 Å². The van der Waals surface area contributed by atoms with Gasteiger partial charge in [0.1, 0.15) is 0 Å². The van der Waals surface area contributed by atoms with Crippen LogP contribution in [0, 0.1) is 5.92 Å². The van der Waals surface area contributed by atoms with Crippen LogP contribution in [0.25, 0.3) is 0 Å². The highest BCUT2D eigenvalue weighted by atomic mass is 16.2. The number of carbonyl (C=O) groups is 1. The van der Waals surface area contributed by atoms with Crippen molar-refractivity contribution < 1.29 is 4.79 Å². The molecule has 3 nitrogen and oxygen atoms in total. The molecule has 1 aliphatic heterocycles. The third kappa shape index (κ3) is 2.03. The van der Waals surface area contributed by atoms with Gasteiger partial charge in [-0.3, -0.25) is 4.79 Å². The molecular formula is C12H20N2O.